The third-order valence-corrected chi connectivity index (χ3v) is 3.55. The second-order valence-electron chi connectivity index (χ2n) is 4.23. The average Bonchev–Trinajstić information content (AvgIpc) is 2.51. The number of hydrogen-bond acceptors (Lipinski definition) is 3. The van der Waals surface area contributed by atoms with Gasteiger partial charge in [-0.15, -0.1) is 11.3 Å². The first-order valence-electron chi connectivity index (χ1n) is 5.15. The van der Waals surface area contributed by atoms with Crippen LogP contribution in [0.25, 0.3) is 0 Å². The number of aryl methyl sites for hydroxylation is 1. The van der Waals surface area contributed by atoms with Gasteiger partial charge >= 0.3 is 0 Å². The molecule has 0 aliphatic rings. The first-order chi connectivity index (χ1) is 6.59. The fraction of sp³-hybridized carbons (Fsp3) is 0.727. The molecule has 0 amide bonds. The molecule has 0 radical (unpaired) electrons. The van der Waals surface area contributed by atoms with Gasteiger partial charge in [-0.2, -0.15) is 0 Å². The van der Waals surface area contributed by atoms with Gasteiger partial charge in [0.15, 0.2) is 0 Å². The van der Waals surface area contributed by atoms with Crippen LogP contribution in [-0.4, -0.2) is 18.6 Å². The summed E-state index contributed by atoms with van der Waals surface area (Å²) in [5.41, 5.74) is 1.59. The lowest BCUT2D eigenvalue weighted by molar-refractivity contribution is 0.296. The van der Waals surface area contributed by atoms with E-state index in [4.69, 9.17) is 0 Å². The van der Waals surface area contributed by atoms with E-state index in [9.17, 15) is 0 Å². The lowest BCUT2D eigenvalue weighted by Crippen LogP contribution is -2.31. The van der Waals surface area contributed by atoms with Crippen molar-refractivity contribution in [1.82, 2.24) is 10.3 Å². The topological polar surface area (TPSA) is 24.9 Å². The predicted octanol–water partition coefficient (Wildman–Crippen LogP) is 2.63. The highest BCUT2D eigenvalue weighted by Crippen LogP contribution is 2.26. The van der Waals surface area contributed by atoms with Crippen molar-refractivity contribution < 1.29 is 0 Å². The van der Waals surface area contributed by atoms with Gasteiger partial charge in [-0.25, -0.2) is 4.98 Å². The van der Waals surface area contributed by atoms with Crippen molar-refractivity contribution in [2.45, 2.75) is 33.6 Å². The average molecular weight is 212 g/mol. The highest BCUT2D eigenvalue weighted by atomic mass is 32.1. The Hall–Kier alpha value is -0.410. The van der Waals surface area contributed by atoms with Crippen molar-refractivity contribution in [1.29, 1.82) is 0 Å². The summed E-state index contributed by atoms with van der Waals surface area (Å²) in [7, 11) is 2.01. The molecule has 1 aromatic rings. The van der Waals surface area contributed by atoms with E-state index in [1.54, 1.807) is 11.3 Å². The summed E-state index contributed by atoms with van der Waals surface area (Å²) < 4.78 is 0. The molecule has 2 nitrogen and oxygen atoms in total. The van der Waals surface area contributed by atoms with Crippen LogP contribution in [0.3, 0.4) is 0 Å². The molecule has 0 aromatic carbocycles. The van der Waals surface area contributed by atoms with Crippen LogP contribution < -0.4 is 5.32 Å². The molecule has 1 rings (SSSR count). The van der Waals surface area contributed by atoms with Crippen molar-refractivity contribution in [3.8, 4) is 0 Å². The lowest BCUT2D eigenvalue weighted by Gasteiger charge is -2.27. The van der Waals surface area contributed by atoms with Crippen LogP contribution in [0.1, 0.15) is 31.0 Å². The maximum atomic E-state index is 4.52. The maximum absolute atomic E-state index is 4.52. The van der Waals surface area contributed by atoms with E-state index in [0.29, 0.717) is 5.41 Å². The molecule has 1 unspecified atom stereocenters. The number of thiazole rings is 1. The summed E-state index contributed by atoms with van der Waals surface area (Å²) in [4.78, 5) is 4.52. The summed E-state index contributed by atoms with van der Waals surface area (Å²) in [5, 5.41) is 6.61. The first-order valence-corrected chi connectivity index (χ1v) is 6.03. The van der Waals surface area contributed by atoms with Crippen molar-refractivity contribution in [3.63, 3.8) is 0 Å². The van der Waals surface area contributed by atoms with Crippen LogP contribution in [0.5, 0.6) is 0 Å². The van der Waals surface area contributed by atoms with Gasteiger partial charge in [-0.3, -0.25) is 0 Å². The van der Waals surface area contributed by atoms with Gasteiger partial charge in [0.1, 0.15) is 0 Å². The largest absolute Gasteiger partial charge is 0.319 e. The summed E-state index contributed by atoms with van der Waals surface area (Å²) in [5.74, 6) is 0. The van der Waals surface area contributed by atoms with Crippen LogP contribution in [0.2, 0.25) is 0 Å². The molecule has 1 heterocycles. The van der Waals surface area contributed by atoms with E-state index in [0.717, 1.165) is 13.0 Å². The molecular formula is C11H20N2S. The number of aromatic nitrogens is 1. The van der Waals surface area contributed by atoms with Crippen molar-refractivity contribution in [3.05, 3.63) is 16.1 Å². The van der Waals surface area contributed by atoms with E-state index < -0.39 is 0 Å². The monoisotopic (exact) mass is 212 g/mol. The van der Waals surface area contributed by atoms with E-state index in [2.05, 4.69) is 36.5 Å². The summed E-state index contributed by atoms with van der Waals surface area (Å²) >= 11 is 1.74. The van der Waals surface area contributed by atoms with Crippen molar-refractivity contribution in [2.75, 3.05) is 13.6 Å². The van der Waals surface area contributed by atoms with E-state index in [1.165, 1.54) is 17.1 Å². The van der Waals surface area contributed by atoms with Gasteiger partial charge in [-0.1, -0.05) is 13.8 Å². The normalized spacial score (nSPS) is 15.4. The van der Waals surface area contributed by atoms with Gasteiger partial charge in [0.05, 0.1) is 10.7 Å². The molecule has 14 heavy (non-hydrogen) atoms. The molecule has 3 heteroatoms. The van der Waals surface area contributed by atoms with Crippen LogP contribution in [0.4, 0.5) is 0 Å². The minimum absolute atomic E-state index is 0.343. The number of nitrogens with zero attached hydrogens (tertiary/aromatic N) is 1. The zero-order valence-corrected chi connectivity index (χ0v) is 10.4. The summed E-state index contributed by atoms with van der Waals surface area (Å²) in [6, 6.07) is 0. The Balaban J connectivity index is 2.64. The Kier molecular flexibility index (Phi) is 4.08. The zero-order valence-electron chi connectivity index (χ0n) is 9.55. The molecule has 0 aliphatic carbocycles. The number of rotatable bonds is 5. The Bertz CT molecular complexity index is 283. The molecule has 1 N–H and O–H groups in total. The molecule has 0 aliphatic heterocycles. The second kappa shape index (κ2) is 4.89. The molecule has 0 saturated carbocycles. The lowest BCUT2D eigenvalue weighted by atomic mass is 9.83. The van der Waals surface area contributed by atoms with Gasteiger partial charge in [0, 0.05) is 11.9 Å². The second-order valence-corrected chi connectivity index (χ2v) is 5.29. The summed E-state index contributed by atoms with van der Waals surface area (Å²) in [6.45, 7) is 7.68. The Morgan fingerprint density at radius 1 is 1.57 bits per heavy atom. The molecule has 0 bridgehead atoms. The zero-order chi connectivity index (χ0) is 10.6. The summed E-state index contributed by atoms with van der Waals surface area (Å²) in [6.07, 6.45) is 2.26. The Morgan fingerprint density at radius 2 is 2.29 bits per heavy atom. The van der Waals surface area contributed by atoms with Crippen molar-refractivity contribution >= 4 is 11.3 Å². The van der Waals surface area contributed by atoms with Gasteiger partial charge < -0.3 is 5.32 Å². The molecule has 1 aromatic heterocycles. The Labute approximate surface area is 90.8 Å². The third-order valence-electron chi connectivity index (χ3n) is 2.73. The number of hydrogen-bond donors (Lipinski definition) is 1. The van der Waals surface area contributed by atoms with Gasteiger partial charge in [0.2, 0.25) is 0 Å². The molecule has 0 saturated heterocycles. The third kappa shape index (κ3) is 3.07. The van der Waals surface area contributed by atoms with E-state index in [1.807, 2.05) is 7.05 Å². The van der Waals surface area contributed by atoms with Crippen molar-refractivity contribution in [2.24, 2.45) is 5.41 Å². The predicted molar refractivity (Wildman–Crippen MR) is 62.9 cm³/mol. The van der Waals surface area contributed by atoms with Crippen LogP contribution in [0.15, 0.2) is 5.38 Å². The fourth-order valence-electron chi connectivity index (χ4n) is 1.67. The molecule has 80 valence electrons. The minimum atomic E-state index is 0.343. The highest BCUT2D eigenvalue weighted by Gasteiger charge is 2.22. The molecule has 0 fully saturated rings. The van der Waals surface area contributed by atoms with Gasteiger partial charge in [0.25, 0.3) is 0 Å². The smallest absolute Gasteiger partial charge is 0.0897 e. The standard InChI is InChI=1S/C11H20N2S/c1-5-11(3,8-12-4)6-10-7-14-9(2)13-10/h7,12H,5-6,8H2,1-4H3. The minimum Gasteiger partial charge on any atom is -0.319 e. The fourth-order valence-corrected chi connectivity index (χ4v) is 2.28. The first kappa shape index (κ1) is 11.7. The Morgan fingerprint density at radius 3 is 2.71 bits per heavy atom. The van der Waals surface area contributed by atoms with E-state index >= 15 is 0 Å². The van der Waals surface area contributed by atoms with Gasteiger partial charge in [-0.05, 0) is 32.2 Å². The molecule has 0 spiro atoms. The number of nitrogens with one attached hydrogen (secondary N) is 1. The maximum Gasteiger partial charge on any atom is 0.0897 e. The quantitative estimate of drug-likeness (QED) is 0.811. The van der Waals surface area contributed by atoms with Crippen LogP contribution in [0, 0.1) is 12.3 Å². The highest BCUT2D eigenvalue weighted by molar-refractivity contribution is 7.09. The van der Waals surface area contributed by atoms with Crippen LogP contribution in [-0.2, 0) is 6.42 Å². The molecule has 1 atom stereocenters. The van der Waals surface area contributed by atoms with E-state index in [-0.39, 0.29) is 0 Å². The SMILES string of the molecule is CCC(C)(CNC)Cc1csc(C)n1. The van der Waals surface area contributed by atoms with Crippen LogP contribution >= 0.6 is 11.3 Å². The molecular weight excluding hydrogens is 192 g/mol.